The van der Waals surface area contributed by atoms with Crippen LogP contribution in [-0.2, 0) is 17.3 Å². The Morgan fingerprint density at radius 3 is 2.48 bits per heavy atom. The highest BCUT2D eigenvalue weighted by atomic mass is 32.2. The molecule has 3 heterocycles. The van der Waals surface area contributed by atoms with Crippen LogP contribution < -0.4 is 0 Å². The van der Waals surface area contributed by atoms with Crippen LogP contribution in [0.3, 0.4) is 0 Å². The van der Waals surface area contributed by atoms with Gasteiger partial charge in [-0.05, 0) is 41.8 Å². The van der Waals surface area contributed by atoms with E-state index in [0.717, 1.165) is 48.1 Å². The van der Waals surface area contributed by atoms with E-state index in [1.165, 1.54) is 17.7 Å². The fourth-order valence-corrected chi connectivity index (χ4v) is 5.93. The van der Waals surface area contributed by atoms with Crippen LogP contribution >= 0.6 is 11.8 Å². The maximum Gasteiger partial charge on any atom is 0.416 e. The van der Waals surface area contributed by atoms with Gasteiger partial charge in [-0.2, -0.15) is 13.2 Å². The SMILES string of the molecule is O=C1OCCN1CCN1CCN(C2Cc3cc(C(F)(F)F)ccc3Sc3ccccc32)CC1. The minimum Gasteiger partial charge on any atom is -0.448 e. The monoisotopic (exact) mass is 477 g/mol. The van der Waals surface area contributed by atoms with Gasteiger partial charge in [-0.25, -0.2) is 4.79 Å². The normalized spacial score (nSPS) is 22.0. The molecule has 1 atom stereocenters. The second kappa shape index (κ2) is 9.19. The Balaban J connectivity index is 1.31. The van der Waals surface area contributed by atoms with Crippen molar-refractivity contribution >= 4 is 17.9 Å². The molecule has 2 aromatic carbocycles. The lowest BCUT2D eigenvalue weighted by Crippen LogP contribution is -2.49. The molecule has 176 valence electrons. The van der Waals surface area contributed by atoms with Gasteiger partial charge in [0, 0.05) is 55.1 Å². The van der Waals surface area contributed by atoms with E-state index >= 15 is 0 Å². The van der Waals surface area contributed by atoms with E-state index in [2.05, 4.69) is 21.9 Å². The molecule has 0 spiro atoms. The van der Waals surface area contributed by atoms with Gasteiger partial charge in [0.2, 0.25) is 0 Å². The standard InChI is InChI=1S/C24H26F3N3O2S/c25-24(26,27)18-5-6-21-17(15-18)16-20(19-3-1-2-4-22(19)33-21)29-10-7-28(8-11-29)9-12-30-13-14-32-23(30)31/h1-6,15,20H,7-14,16H2. The summed E-state index contributed by atoms with van der Waals surface area (Å²) < 4.78 is 45.1. The summed E-state index contributed by atoms with van der Waals surface area (Å²) in [6, 6.07) is 12.3. The van der Waals surface area contributed by atoms with Gasteiger partial charge < -0.3 is 9.64 Å². The Morgan fingerprint density at radius 2 is 1.76 bits per heavy atom. The second-order valence-corrected chi connectivity index (χ2v) is 9.74. The number of ether oxygens (including phenoxy) is 1. The molecule has 2 fully saturated rings. The number of amides is 1. The highest BCUT2D eigenvalue weighted by Gasteiger charge is 2.34. The maximum absolute atomic E-state index is 13.4. The molecule has 0 saturated carbocycles. The fraction of sp³-hybridized carbons (Fsp3) is 0.458. The van der Waals surface area contributed by atoms with Crippen LogP contribution in [0.15, 0.2) is 52.3 Å². The van der Waals surface area contributed by atoms with Crippen LogP contribution in [0.25, 0.3) is 0 Å². The molecule has 5 nitrogen and oxygen atoms in total. The molecule has 0 radical (unpaired) electrons. The van der Waals surface area contributed by atoms with Crippen LogP contribution in [0.1, 0.15) is 22.7 Å². The number of cyclic esters (lactones) is 1. The molecule has 0 aromatic heterocycles. The van der Waals surface area contributed by atoms with Gasteiger partial charge in [-0.1, -0.05) is 30.0 Å². The van der Waals surface area contributed by atoms with Crippen molar-refractivity contribution in [2.75, 3.05) is 52.4 Å². The summed E-state index contributed by atoms with van der Waals surface area (Å²) in [6.45, 7) is 5.98. The van der Waals surface area contributed by atoms with E-state index in [0.29, 0.717) is 26.1 Å². The molecule has 0 bridgehead atoms. The zero-order valence-corrected chi connectivity index (χ0v) is 19.0. The number of carbonyl (C=O) groups excluding carboxylic acids is 1. The minimum atomic E-state index is -4.35. The first kappa shape index (κ1) is 22.6. The number of halogens is 3. The van der Waals surface area contributed by atoms with Crippen molar-refractivity contribution in [3.05, 3.63) is 59.2 Å². The predicted molar refractivity (Wildman–Crippen MR) is 119 cm³/mol. The highest BCUT2D eigenvalue weighted by Crippen LogP contribution is 2.44. The van der Waals surface area contributed by atoms with Crippen LogP contribution in [-0.4, -0.2) is 73.2 Å². The largest absolute Gasteiger partial charge is 0.448 e. The first-order valence-corrected chi connectivity index (χ1v) is 12.0. The van der Waals surface area contributed by atoms with Crippen molar-refractivity contribution in [1.29, 1.82) is 0 Å². The van der Waals surface area contributed by atoms with E-state index < -0.39 is 11.7 Å². The lowest BCUT2D eigenvalue weighted by atomic mass is 9.95. The van der Waals surface area contributed by atoms with Crippen molar-refractivity contribution in [3.63, 3.8) is 0 Å². The van der Waals surface area contributed by atoms with Crippen molar-refractivity contribution < 1.29 is 22.7 Å². The van der Waals surface area contributed by atoms with Crippen LogP contribution in [0.2, 0.25) is 0 Å². The molecule has 1 unspecified atom stereocenters. The molecular weight excluding hydrogens is 451 g/mol. The van der Waals surface area contributed by atoms with Gasteiger partial charge in [-0.15, -0.1) is 0 Å². The number of alkyl halides is 3. The smallest absolute Gasteiger partial charge is 0.416 e. The predicted octanol–water partition coefficient (Wildman–Crippen LogP) is 4.52. The molecule has 3 aliphatic rings. The molecule has 0 N–H and O–H groups in total. The Labute approximate surface area is 195 Å². The van der Waals surface area contributed by atoms with Gasteiger partial charge in [0.15, 0.2) is 0 Å². The topological polar surface area (TPSA) is 36.0 Å². The zero-order valence-electron chi connectivity index (χ0n) is 18.2. The average Bonchev–Trinajstić information content (AvgIpc) is 3.13. The third kappa shape index (κ3) is 4.85. The zero-order chi connectivity index (χ0) is 23.0. The number of nitrogens with zero attached hydrogens (tertiary/aromatic N) is 3. The number of fused-ring (bicyclic) bond motifs is 2. The summed E-state index contributed by atoms with van der Waals surface area (Å²) in [5.74, 6) is 0. The van der Waals surface area contributed by atoms with Crippen molar-refractivity contribution in [3.8, 4) is 0 Å². The number of piperazine rings is 1. The second-order valence-electron chi connectivity index (χ2n) is 8.66. The van der Waals surface area contributed by atoms with Crippen molar-refractivity contribution in [1.82, 2.24) is 14.7 Å². The number of hydrogen-bond acceptors (Lipinski definition) is 5. The van der Waals surface area contributed by atoms with E-state index in [1.54, 1.807) is 22.7 Å². The Hall–Kier alpha value is -2.23. The molecule has 3 aliphatic heterocycles. The van der Waals surface area contributed by atoms with Crippen molar-refractivity contribution in [2.24, 2.45) is 0 Å². The van der Waals surface area contributed by atoms with Gasteiger partial charge in [0.05, 0.1) is 12.1 Å². The third-order valence-corrected chi connectivity index (χ3v) is 7.89. The molecule has 2 saturated heterocycles. The van der Waals surface area contributed by atoms with E-state index in [-0.39, 0.29) is 12.1 Å². The first-order valence-electron chi connectivity index (χ1n) is 11.2. The number of rotatable bonds is 4. The fourth-order valence-electron chi connectivity index (χ4n) is 4.82. The molecule has 1 amide bonds. The Morgan fingerprint density at radius 1 is 0.970 bits per heavy atom. The van der Waals surface area contributed by atoms with Crippen molar-refractivity contribution in [2.45, 2.75) is 28.4 Å². The van der Waals surface area contributed by atoms with Crippen LogP contribution in [0, 0.1) is 0 Å². The quantitative estimate of drug-likeness (QED) is 0.647. The lowest BCUT2D eigenvalue weighted by Gasteiger charge is -2.40. The van der Waals surface area contributed by atoms with E-state index in [9.17, 15) is 18.0 Å². The number of carbonyl (C=O) groups is 1. The molecule has 2 aromatic rings. The van der Waals surface area contributed by atoms with Gasteiger partial charge in [0.1, 0.15) is 6.61 Å². The maximum atomic E-state index is 13.4. The summed E-state index contributed by atoms with van der Waals surface area (Å²) in [5, 5.41) is 0. The number of benzene rings is 2. The lowest BCUT2D eigenvalue weighted by molar-refractivity contribution is -0.137. The van der Waals surface area contributed by atoms with Crippen LogP contribution in [0.5, 0.6) is 0 Å². The summed E-state index contributed by atoms with van der Waals surface area (Å²) in [5.41, 5.74) is 1.35. The average molecular weight is 478 g/mol. The summed E-state index contributed by atoms with van der Waals surface area (Å²) in [7, 11) is 0. The van der Waals surface area contributed by atoms with Gasteiger partial charge in [-0.3, -0.25) is 9.80 Å². The summed E-state index contributed by atoms with van der Waals surface area (Å²) >= 11 is 1.56. The Bertz CT molecular complexity index is 1020. The van der Waals surface area contributed by atoms with Crippen LogP contribution in [0.4, 0.5) is 18.0 Å². The van der Waals surface area contributed by atoms with E-state index in [4.69, 9.17) is 4.74 Å². The first-order chi connectivity index (χ1) is 15.9. The minimum absolute atomic E-state index is 0.0362. The number of hydrogen-bond donors (Lipinski definition) is 0. The van der Waals surface area contributed by atoms with Gasteiger partial charge in [0.25, 0.3) is 0 Å². The summed E-state index contributed by atoms with van der Waals surface area (Å²) in [4.78, 5) is 20.1. The molecule has 0 aliphatic carbocycles. The van der Waals surface area contributed by atoms with Gasteiger partial charge >= 0.3 is 12.3 Å². The summed E-state index contributed by atoms with van der Waals surface area (Å²) in [6.07, 6.45) is -4.02. The molecule has 9 heteroatoms. The molecule has 33 heavy (non-hydrogen) atoms. The third-order valence-electron chi connectivity index (χ3n) is 6.68. The Kier molecular flexibility index (Phi) is 6.28. The van der Waals surface area contributed by atoms with E-state index in [1.807, 2.05) is 12.1 Å². The highest BCUT2D eigenvalue weighted by molar-refractivity contribution is 7.99. The molecule has 5 rings (SSSR count). The molecular formula is C24H26F3N3O2S.